The zero-order valence-electron chi connectivity index (χ0n) is 17.7. The maximum atomic E-state index is 12.8. The molecule has 3 N–H and O–H groups in total. The number of fused-ring (bicyclic) bond motifs is 1. The van der Waals surface area contributed by atoms with E-state index in [-0.39, 0.29) is 23.5 Å². The molecule has 34 heavy (non-hydrogen) atoms. The minimum absolute atomic E-state index is 0.0358. The molecule has 4 aromatic rings. The summed E-state index contributed by atoms with van der Waals surface area (Å²) in [6, 6.07) is 20.4. The van der Waals surface area contributed by atoms with E-state index in [9.17, 15) is 19.2 Å². The molecule has 2 aromatic carbocycles. The second-order valence-corrected chi connectivity index (χ2v) is 7.05. The van der Waals surface area contributed by atoms with Gasteiger partial charge in [-0.3, -0.25) is 35.0 Å². The summed E-state index contributed by atoms with van der Waals surface area (Å²) in [4.78, 5) is 53.8. The fourth-order valence-corrected chi connectivity index (χ4v) is 3.08. The van der Waals surface area contributed by atoms with Crippen molar-refractivity contribution < 1.29 is 19.1 Å². The van der Waals surface area contributed by atoms with Crippen LogP contribution in [0.1, 0.15) is 26.3 Å². The monoisotopic (exact) mass is 457 g/mol. The predicted molar refractivity (Wildman–Crippen MR) is 123 cm³/mol. The minimum atomic E-state index is -0.819. The SMILES string of the molecule is O=C(Nc1cnc2c(C(=O)NNC(=O)c3ccccc3)cccn2c1=O)OCc1ccccc1. The fraction of sp³-hybridized carbons (Fsp3) is 0.0417. The van der Waals surface area contributed by atoms with Gasteiger partial charge in [-0.05, 0) is 29.8 Å². The average molecular weight is 457 g/mol. The summed E-state index contributed by atoms with van der Waals surface area (Å²) in [5.41, 5.74) is 5.14. The first-order valence-electron chi connectivity index (χ1n) is 10.2. The molecule has 0 unspecified atom stereocenters. The van der Waals surface area contributed by atoms with Crippen molar-refractivity contribution in [2.24, 2.45) is 0 Å². The molecule has 0 radical (unpaired) electrons. The molecule has 0 atom stereocenters. The fourth-order valence-electron chi connectivity index (χ4n) is 3.08. The lowest BCUT2D eigenvalue weighted by molar-refractivity contribution is 0.0847. The van der Waals surface area contributed by atoms with Crippen LogP contribution in [0.15, 0.2) is 90.0 Å². The van der Waals surface area contributed by atoms with E-state index in [1.807, 2.05) is 18.2 Å². The molecule has 2 heterocycles. The molecule has 0 saturated carbocycles. The zero-order chi connectivity index (χ0) is 23.9. The van der Waals surface area contributed by atoms with E-state index in [2.05, 4.69) is 21.2 Å². The number of hydrogen-bond acceptors (Lipinski definition) is 6. The Bertz CT molecular complexity index is 1400. The molecule has 2 aromatic heterocycles. The van der Waals surface area contributed by atoms with Crippen LogP contribution >= 0.6 is 0 Å². The second kappa shape index (κ2) is 10.1. The Kier molecular flexibility index (Phi) is 6.59. The molecule has 0 aliphatic rings. The number of hydrogen-bond donors (Lipinski definition) is 3. The van der Waals surface area contributed by atoms with Crippen molar-refractivity contribution in [1.29, 1.82) is 0 Å². The zero-order valence-corrected chi connectivity index (χ0v) is 17.7. The van der Waals surface area contributed by atoms with E-state index in [0.717, 1.165) is 16.2 Å². The molecule has 10 nitrogen and oxygen atoms in total. The van der Waals surface area contributed by atoms with Crippen molar-refractivity contribution in [3.63, 3.8) is 0 Å². The van der Waals surface area contributed by atoms with Crippen LogP contribution in [0.5, 0.6) is 0 Å². The van der Waals surface area contributed by atoms with Crippen molar-refractivity contribution in [2.45, 2.75) is 6.61 Å². The van der Waals surface area contributed by atoms with Crippen molar-refractivity contribution in [3.8, 4) is 0 Å². The van der Waals surface area contributed by atoms with Gasteiger partial charge in [0.2, 0.25) is 0 Å². The van der Waals surface area contributed by atoms with Crippen LogP contribution in [0.3, 0.4) is 0 Å². The van der Waals surface area contributed by atoms with Crippen LogP contribution in [0.4, 0.5) is 10.5 Å². The first kappa shape index (κ1) is 22.2. The largest absolute Gasteiger partial charge is 0.444 e. The molecule has 4 rings (SSSR count). The highest BCUT2D eigenvalue weighted by Gasteiger charge is 2.16. The van der Waals surface area contributed by atoms with Crippen molar-refractivity contribution >= 4 is 29.2 Å². The Morgan fingerprint density at radius 1 is 0.853 bits per heavy atom. The number of carbonyl (C=O) groups excluding carboxylic acids is 3. The number of carbonyl (C=O) groups is 3. The van der Waals surface area contributed by atoms with Crippen LogP contribution in [0.25, 0.3) is 5.65 Å². The Morgan fingerprint density at radius 3 is 2.26 bits per heavy atom. The quantitative estimate of drug-likeness (QED) is 0.395. The van der Waals surface area contributed by atoms with Crippen LogP contribution in [0.2, 0.25) is 0 Å². The average Bonchev–Trinajstić information content (AvgIpc) is 2.88. The maximum Gasteiger partial charge on any atom is 0.412 e. The van der Waals surface area contributed by atoms with Gasteiger partial charge in [-0.1, -0.05) is 48.5 Å². The summed E-state index contributed by atoms with van der Waals surface area (Å²) < 4.78 is 6.23. The second-order valence-electron chi connectivity index (χ2n) is 7.05. The van der Waals surface area contributed by atoms with E-state index in [1.165, 1.54) is 18.3 Å². The van der Waals surface area contributed by atoms with Gasteiger partial charge < -0.3 is 4.74 Å². The number of ether oxygens (including phenoxy) is 1. The highest BCUT2D eigenvalue weighted by molar-refractivity contribution is 6.02. The van der Waals surface area contributed by atoms with Crippen LogP contribution in [0, 0.1) is 0 Å². The highest BCUT2D eigenvalue weighted by atomic mass is 16.5. The molecule has 3 amide bonds. The number of rotatable bonds is 5. The van der Waals surface area contributed by atoms with Gasteiger partial charge in [0, 0.05) is 11.8 Å². The number of hydrazine groups is 1. The van der Waals surface area contributed by atoms with Gasteiger partial charge in [0.05, 0.1) is 11.8 Å². The minimum Gasteiger partial charge on any atom is -0.444 e. The first-order chi connectivity index (χ1) is 16.5. The van der Waals surface area contributed by atoms with Gasteiger partial charge in [-0.15, -0.1) is 0 Å². The summed E-state index contributed by atoms with van der Waals surface area (Å²) >= 11 is 0. The van der Waals surface area contributed by atoms with Gasteiger partial charge in [-0.25, -0.2) is 9.78 Å². The third-order valence-corrected chi connectivity index (χ3v) is 4.75. The lowest BCUT2D eigenvalue weighted by Crippen LogP contribution is -2.42. The summed E-state index contributed by atoms with van der Waals surface area (Å²) in [5.74, 6) is -1.17. The lowest BCUT2D eigenvalue weighted by atomic mass is 10.2. The van der Waals surface area contributed by atoms with Gasteiger partial charge in [0.15, 0.2) is 5.65 Å². The van der Waals surface area contributed by atoms with E-state index in [0.29, 0.717) is 5.56 Å². The Balaban J connectivity index is 1.46. The smallest absolute Gasteiger partial charge is 0.412 e. The summed E-state index contributed by atoms with van der Waals surface area (Å²) in [6.45, 7) is 0.0358. The van der Waals surface area contributed by atoms with Crippen molar-refractivity contribution in [3.05, 3.63) is 112 Å². The third-order valence-electron chi connectivity index (χ3n) is 4.75. The number of benzene rings is 2. The van der Waals surface area contributed by atoms with E-state index >= 15 is 0 Å². The molecule has 0 spiro atoms. The Hall–Kier alpha value is -4.99. The highest BCUT2D eigenvalue weighted by Crippen LogP contribution is 2.09. The number of nitrogens with zero attached hydrogens (tertiary/aromatic N) is 2. The van der Waals surface area contributed by atoms with E-state index in [1.54, 1.807) is 42.5 Å². The molecule has 170 valence electrons. The van der Waals surface area contributed by atoms with Crippen molar-refractivity contribution in [2.75, 3.05) is 5.32 Å². The van der Waals surface area contributed by atoms with Crippen LogP contribution in [-0.4, -0.2) is 27.3 Å². The molecule has 10 heteroatoms. The Labute approximate surface area is 193 Å². The summed E-state index contributed by atoms with van der Waals surface area (Å²) in [6.07, 6.45) is 1.73. The molecule has 0 saturated heterocycles. The molecular formula is C24H19N5O5. The maximum absolute atomic E-state index is 12.8. The molecule has 0 fully saturated rings. The van der Waals surface area contributed by atoms with Gasteiger partial charge in [0.1, 0.15) is 12.3 Å². The summed E-state index contributed by atoms with van der Waals surface area (Å²) in [7, 11) is 0. The molecule has 0 aliphatic heterocycles. The number of pyridine rings is 1. The lowest BCUT2D eigenvalue weighted by Gasteiger charge is -2.11. The predicted octanol–water partition coefficient (Wildman–Crippen LogP) is 2.52. The van der Waals surface area contributed by atoms with E-state index < -0.39 is 23.5 Å². The van der Waals surface area contributed by atoms with Gasteiger partial charge in [-0.2, -0.15) is 0 Å². The molecule has 0 aliphatic carbocycles. The van der Waals surface area contributed by atoms with Crippen LogP contribution < -0.4 is 21.7 Å². The normalized spacial score (nSPS) is 10.4. The third kappa shape index (κ3) is 5.07. The van der Waals surface area contributed by atoms with Gasteiger partial charge in [0.25, 0.3) is 17.4 Å². The first-order valence-corrected chi connectivity index (χ1v) is 10.2. The number of anilines is 1. The van der Waals surface area contributed by atoms with Crippen molar-refractivity contribution in [1.82, 2.24) is 20.2 Å². The standard InChI is InChI=1S/C24H19N5O5/c30-21(17-10-5-2-6-11-17)27-28-22(31)18-12-7-13-29-20(18)25-14-19(23(29)32)26-24(33)34-15-16-8-3-1-4-9-16/h1-14H,15H2,(H,26,33)(H,27,30)(H,28,31). The molecular weight excluding hydrogens is 438 g/mol. The van der Waals surface area contributed by atoms with Gasteiger partial charge >= 0.3 is 6.09 Å². The van der Waals surface area contributed by atoms with Crippen LogP contribution in [-0.2, 0) is 11.3 Å². The summed E-state index contributed by atoms with van der Waals surface area (Å²) in [5, 5.41) is 2.36. The number of aromatic nitrogens is 2. The topological polar surface area (TPSA) is 131 Å². The number of amides is 3. The Morgan fingerprint density at radius 2 is 1.53 bits per heavy atom. The molecule has 0 bridgehead atoms. The number of nitrogens with one attached hydrogen (secondary N) is 3. The van der Waals surface area contributed by atoms with E-state index in [4.69, 9.17) is 4.74 Å².